The van der Waals surface area contributed by atoms with Gasteiger partial charge < -0.3 is 10.1 Å². The van der Waals surface area contributed by atoms with Gasteiger partial charge >= 0.3 is 0 Å². The standard InChI is InChI=1S/C18H20BrFN2O4S/c1-4-22(5-2)27(24,25)13-7-8-15(20)14(11-13)18(23)21-16-10-12(19)6-9-17(16)26-3/h6-11H,4-5H2,1-3H3,(H,21,23). The summed E-state index contributed by atoms with van der Waals surface area (Å²) in [6.07, 6.45) is 0. The highest BCUT2D eigenvalue weighted by Gasteiger charge is 2.24. The van der Waals surface area contributed by atoms with E-state index in [0.29, 0.717) is 15.9 Å². The minimum absolute atomic E-state index is 0.140. The van der Waals surface area contributed by atoms with Gasteiger partial charge in [-0.15, -0.1) is 0 Å². The summed E-state index contributed by atoms with van der Waals surface area (Å²) in [4.78, 5) is 12.4. The highest BCUT2D eigenvalue weighted by atomic mass is 79.9. The molecule has 0 aliphatic heterocycles. The molecule has 27 heavy (non-hydrogen) atoms. The van der Waals surface area contributed by atoms with E-state index in [1.54, 1.807) is 32.0 Å². The Morgan fingerprint density at radius 3 is 2.44 bits per heavy atom. The van der Waals surface area contributed by atoms with Crippen molar-refractivity contribution in [1.29, 1.82) is 0 Å². The average Bonchev–Trinajstić information content (AvgIpc) is 2.62. The number of sulfonamides is 1. The molecule has 0 aromatic heterocycles. The minimum Gasteiger partial charge on any atom is -0.495 e. The van der Waals surface area contributed by atoms with E-state index in [2.05, 4.69) is 21.2 Å². The fourth-order valence-corrected chi connectivity index (χ4v) is 4.36. The molecule has 9 heteroatoms. The largest absolute Gasteiger partial charge is 0.495 e. The number of nitrogens with one attached hydrogen (secondary N) is 1. The van der Waals surface area contributed by atoms with Crippen LogP contribution in [0.2, 0.25) is 0 Å². The van der Waals surface area contributed by atoms with Crippen LogP contribution in [-0.2, 0) is 10.0 Å². The van der Waals surface area contributed by atoms with Crippen molar-refractivity contribution in [2.45, 2.75) is 18.7 Å². The summed E-state index contributed by atoms with van der Waals surface area (Å²) in [5.74, 6) is -1.21. The van der Waals surface area contributed by atoms with Crippen molar-refractivity contribution in [2.24, 2.45) is 0 Å². The number of halogens is 2. The summed E-state index contributed by atoms with van der Waals surface area (Å²) in [6, 6.07) is 8.14. The highest BCUT2D eigenvalue weighted by Crippen LogP contribution is 2.29. The van der Waals surface area contributed by atoms with Gasteiger partial charge in [0.2, 0.25) is 10.0 Å². The van der Waals surface area contributed by atoms with Crippen LogP contribution >= 0.6 is 15.9 Å². The number of anilines is 1. The zero-order chi connectivity index (χ0) is 20.2. The zero-order valence-corrected chi connectivity index (χ0v) is 17.5. The van der Waals surface area contributed by atoms with E-state index in [1.165, 1.54) is 11.4 Å². The third-order valence-electron chi connectivity index (χ3n) is 3.94. The number of ether oxygens (including phenoxy) is 1. The molecule has 0 saturated heterocycles. The Hall–Kier alpha value is -1.97. The Balaban J connectivity index is 2.42. The number of hydrogen-bond donors (Lipinski definition) is 1. The first kappa shape index (κ1) is 21.3. The molecule has 1 N–H and O–H groups in total. The molecule has 0 fully saturated rings. The fraction of sp³-hybridized carbons (Fsp3) is 0.278. The summed E-state index contributed by atoms with van der Waals surface area (Å²) in [7, 11) is -2.37. The maximum Gasteiger partial charge on any atom is 0.258 e. The predicted molar refractivity (Wildman–Crippen MR) is 105 cm³/mol. The van der Waals surface area contributed by atoms with Crippen molar-refractivity contribution in [2.75, 3.05) is 25.5 Å². The number of benzene rings is 2. The molecule has 0 saturated carbocycles. The molecule has 0 atom stereocenters. The number of amides is 1. The summed E-state index contributed by atoms with van der Waals surface area (Å²) >= 11 is 3.29. The Morgan fingerprint density at radius 2 is 1.85 bits per heavy atom. The molecule has 1 amide bonds. The van der Waals surface area contributed by atoms with Crippen LogP contribution in [0.25, 0.3) is 0 Å². The molecule has 0 heterocycles. The van der Waals surface area contributed by atoms with Crippen molar-refractivity contribution in [3.63, 3.8) is 0 Å². The van der Waals surface area contributed by atoms with Crippen LogP contribution < -0.4 is 10.1 Å². The van der Waals surface area contributed by atoms with Crippen LogP contribution in [0.1, 0.15) is 24.2 Å². The molecule has 0 aliphatic carbocycles. The molecule has 6 nitrogen and oxygen atoms in total. The van der Waals surface area contributed by atoms with Gasteiger partial charge in [0.25, 0.3) is 5.91 Å². The number of carbonyl (C=O) groups excluding carboxylic acids is 1. The SMILES string of the molecule is CCN(CC)S(=O)(=O)c1ccc(F)c(C(=O)Nc2cc(Br)ccc2OC)c1. The van der Waals surface area contributed by atoms with Crippen LogP contribution in [0.15, 0.2) is 45.8 Å². The van der Waals surface area contributed by atoms with E-state index in [-0.39, 0.29) is 23.5 Å². The second-order valence-electron chi connectivity index (χ2n) is 5.53. The lowest BCUT2D eigenvalue weighted by Gasteiger charge is -2.19. The minimum atomic E-state index is -3.81. The molecule has 146 valence electrons. The van der Waals surface area contributed by atoms with Crippen molar-refractivity contribution in [1.82, 2.24) is 4.31 Å². The first-order chi connectivity index (χ1) is 12.7. The van der Waals surface area contributed by atoms with E-state index in [1.807, 2.05) is 0 Å². The van der Waals surface area contributed by atoms with E-state index < -0.39 is 21.7 Å². The first-order valence-electron chi connectivity index (χ1n) is 8.19. The summed E-state index contributed by atoms with van der Waals surface area (Å²) in [5, 5.41) is 2.55. The molecule has 0 radical (unpaired) electrons. The van der Waals surface area contributed by atoms with Gasteiger partial charge in [0.1, 0.15) is 11.6 Å². The molecular weight excluding hydrogens is 439 g/mol. The van der Waals surface area contributed by atoms with E-state index in [0.717, 1.165) is 18.2 Å². The maximum absolute atomic E-state index is 14.2. The lowest BCUT2D eigenvalue weighted by atomic mass is 10.2. The van der Waals surface area contributed by atoms with Gasteiger partial charge in [0.05, 0.1) is 23.3 Å². The van der Waals surface area contributed by atoms with Crippen LogP contribution in [-0.4, -0.2) is 38.8 Å². The lowest BCUT2D eigenvalue weighted by Crippen LogP contribution is -2.31. The third-order valence-corrected chi connectivity index (χ3v) is 6.47. The Bertz CT molecular complexity index is 946. The van der Waals surface area contributed by atoms with Crippen LogP contribution in [0.4, 0.5) is 10.1 Å². The zero-order valence-electron chi connectivity index (χ0n) is 15.1. The monoisotopic (exact) mass is 458 g/mol. The van der Waals surface area contributed by atoms with Gasteiger partial charge in [-0.1, -0.05) is 29.8 Å². The molecule has 0 spiro atoms. The second kappa shape index (κ2) is 8.81. The summed E-state index contributed by atoms with van der Waals surface area (Å²) in [5.41, 5.74) is -0.0430. The van der Waals surface area contributed by atoms with Crippen molar-refractivity contribution in [3.05, 3.63) is 52.3 Å². The summed E-state index contributed by atoms with van der Waals surface area (Å²) in [6.45, 7) is 3.95. The van der Waals surface area contributed by atoms with Gasteiger partial charge in [-0.25, -0.2) is 12.8 Å². The second-order valence-corrected chi connectivity index (χ2v) is 8.38. The molecule has 2 aromatic rings. The Kier molecular flexibility index (Phi) is 6.96. The fourth-order valence-electron chi connectivity index (χ4n) is 2.52. The molecule has 2 aromatic carbocycles. The maximum atomic E-state index is 14.2. The van der Waals surface area contributed by atoms with Crippen molar-refractivity contribution >= 4 is 37.5 Å². The smallest absolute Gasteiger partial charge is 0.258 e. The Labute approximate surface area is 166 Å². The lowest BCUT2D eigenvalue weighted by molar-refractivity contribution is 0.102. The normalized spacial score (nSPS) is 11.5. The quantitative estimate of drug-likeness (QED) is 0.682. The van der Waals surface area contributed by atoms with Gasteiger partial charge in [-0.2, -0.15) is 4.31 Å². The third kappa shape index (κ3) is 4.66. The van der Waals surface area contributed by atoms with E-state index in [4.69, 9.17) is 4.74 Å². The van der Waals surface area contributed by atoms with Gasteiger partial charge in [0.15, 0.2) is 0 Å². The van der Waals surface area contributed by atoms with Crippen LogP contribution in [0.5, 0.6) is 5.75 Å². The number of nitrogens with zero attached hydrogens (tertiary/aromatic N) is 1. The van der Waals surface area contributed by atoms with E-state index >= 15 is 0 Å². The van der Waals surface area contributed by atoms with Gasteiger partial charge in [-0.3, -0.25) is 4.79 Å². The topological polar surface area (TPSA) is 75.7 Å². The molecule has 0 aliphatic rings. The Morgan fingerprint density at radius 1 is 1.19 bits per heavy atom. The first-order valence-corrected chi connectivity index (χ1v) is 10.4. The number of rotatable bonds is 7. The molecular formula is C18H20BrFN2O4S. The van der Waals surface area contributed by atoms with Crippen LogP contribution in [0.3, 0.4) is 0 Å². The van der Waals surface area contributed by atoms with Crippen molar-refractivity contribution < 1.29 is 22.3 Å². The number of methoxy groups -OCH3 is 1. The van der Waals surface area contributed by atoms with Gasteiger partial charge in [-0.05, 0) is 36.4 Å². The van der Waals surface area contributed by atoms with Crippen molar-refractivity contribution in [3.8, 4) is 5.75 Å². The number of hydrogen-bond acceptors (Lipinski definition) is 4. The molecule has 0 bridgehead atoms. The highest BCUT2D eigenvalue weighted by molar-refractivity contribution is 9.10. The van der Waals surface area contributed by atoms with Gasteiger partial charge in [0, 0.05) is 17.6 Å². The van der Waals surface area contributed by atoms with Crippen LogP contribution in [0, 0.1) is 5.82 Å². The number of carbonyl (C=O) groups is 1. The van der Waals surface area contributed by atoms with E-state index in [9.17, 15) is 17.6 Å². The average molecular weight is 459 g/mol. The summed E-state index contributed by atoms with van der Waals surface area (Å²) < 4.78 is 46.6. The molecule has 0 unspecified atom stereocenters. The predicted octanol–water partition coefficient (Wildman–Crippen LogP) is 3.88. The molecule has 2 rings (SSSR count).